The van der Waals surface area contributed by atoms with Crippen LogP contribution in [0.1, 0.15) is 16.3 Å². The first kappa shape index (κ1) is 21.5. The summed E-state index contributed by atoms with van der Waals surface area (Å²) < 4.78 is 1.92. The zero-order valence-electron chi connectivity index (χ0n) is 17.0. The van der Waals surface area contributed by atoms with Crippen LogP contribution in [0.5, 0.6) is 0 Å². The van der Waals surface area contributed by atoms with Gasteiger partial charge in [0.2, 0.25) is 5.91 Å². The summed E-state index contributed by atoms with van der Waals surface area (Å²) in [7, 11) is 1.92. The quantitative estimate of drug-likeness (QED) is 0.368. The van der Waals surface area contributed by atoms with Crippen molar-refractivity contribution >= 4 is 46.3 Å². The van der Waals surface area contributed by atoms with Crippen molar-refractivity contribution in [2.75, 3.05) is 5.32 Å². The number of halogens is 1. The van der Waals surface area contributed by atoms with Gasteiger partial charge in [0.05, 0.1) is 17.1 Å². The van der Waals surface area contributed by atoms with Crippen molar-refractivity contribution in [3.8, 4) is 11.4 Å². The molecule has 0 aliphatic rings. The van der Waals surface area contributed by atoms with Crippen LogP contribution in [-0.4, -0.2) is 25.7 Å². The van der Waals surface area contributed by atoms with Crippen molar-refractivity contribution in [2.45, 2.75) is 24.3 Å². The average Bonchev–Trinajstić information content (AvgIpc) is 3.35. The van der Waals surface area contributed by atoms with Gasteiger partial charge in [0.25, 0.3) is 0 Å². The van der Waals surface area contributed by atoms with E-state index in [-0.39, 0.29) is 12.3 Å². The van der Waals surface area contributed by atoms with Gasteiger partial charge >= 0.3 is 0 Å². The summed E-state index contributed by atoms with van der Waals surface area (Å²) in [6.45, 7) is 2.01. The molecular weight excluding hydrogens is 450 g/mol. The SMILES string of the molecule is Cc1ccc(NC(=O)Cc2nc(CSc3nnc(-c4ccccc4Cl)n3C)cs2)cc1. The summed E-state index contributed by atoms with van der Waals surface area (Å²) in [6, 6.07) is 15.3. The van der Waals surface area contributed by atoms with Gasteiger partial charge in [-0.05, 0) is 31.2 Å². The average molecular weight is 470 g/mol. The molecule has 0 radical (unpaired) electrons. The number of nitrogens with one attached hydrogen (secondary N) is 1. The molecule has 0 bridgehead atoms. The lowest BCUT2D eigenvalue weighted by atomic mass is 10.2. The Hall–Kier alpha value is -2.68. The smallest absolute Gasteiger partial charge is 0.231 e. The Morgan fingerprint density at radius 1 is 1.16 bits per heavy atom. The number of aryl methyl sites for hydroxylation is 1. The molecule has 31 heavy (non-hydrogen) atoms. The topological polar surface area (TPSA) is 72.7 Å². The third-order valence-electron chi connectivity index (χ3n) is 4.55. The molecule has 4 rings (SSSR count). The van der Waals surface area contributed by atoms with Gasteiger partial charge in [-0.15, -0.1) is 21.5 Å². The number of carbonyl (C=O) groups excluding carboxylic acids is 1. The van der Waals surface area contributed by atoms with Crippen LogP contribution in [0.15, 0.2) is 59.1 Å². The summed E-state index contributed by atoms with van der Waals surface area (Å²) >= 11 is 9.32. The maximum atomic E-state index is 12.3. The second-order valence-electron chi connectivity index (χ2n) is 6.96. The molecule has 0 spiro atoms. The lowest BCUT2D eigenvalue weighted by molar-refractivity contribution is -0.115. The van der Waals surface area contributed by atoms with E-state index in [2.05, 4.69) is 20.5 Å². The lowest BCUT2D eigenvalue weighted by Crippen LogP contribution is -2.14. The maximum absolute atomic E-state index is 12.3. The van der Waals surface area contributed by atoms with Gasteiger partial charge < -0.3 is 9.88 Å². The number of hydrogen-bond donors (Lipinski definition) is 1. The van der Waals surface area contributed by atoms with Gasteiger partial charge in [-0.3, -0.25) is 4.79 Å². The highest BCUT2D eigenvalue weighted by Gasteiger charge is 2.15. The fourth-order valence-electron chi connectivity index (χ4n) is 2.93. The summed E-state index contributed by atoms with van der Waals surface area (Å²) in [5.74, 6) is 1.29. The summed E-state index contributed by atoms with van der Waals surface area (Å²) in [5, 5.41) is 15.7. The lowest BCUT2D eigenvalue weighted by Gasteiger charge is -2.05. The van der Waals surface area contributed by atoms with Crippen LogP contribution in [0.2, 0.25) is 5.02 Å². The van der Waals surface area contributed by atoms with Gasteiger partial charge in [-0.2, -0.15) is 0 Å². The molecule has 1 N–H and O–H groups in total. The predicted molar refractivity (Wildman–Crippen MR) is 127 cm³/mol. The van der Waals surface area contributed by atoms with E-state index in [0.717, 1.165) is 38.5 Å². The van der Waals surface area contributed by atoms with Gasteiger partial charge in [0, 0.05) is 29.4 Å². The first-order valence-electron chi connectivity index (χ1n) is 9.56. The van der Waals surface area contributed by atoms with E-state index in [4.69, 9.17) is 11.6 Å². The molecule has 0 unspecified atom stereocenters. The highest BCUT2D eigenvalue weighted by atomic mass is 35.5. The molecule has 0 aliphatic carbocycles. The van der Waals surface area contributed by atoms with E-state index in [1.807, 2.05) is 72.4 Å². The van der Waals surface area contributed by atoms with Crippen molar-refractivity contribution in [2.24, 2.45) is 7.05 Å². The van der Waals surface area contributed by atoms with E-state index in [1.54, 1.807) is 11.8 Å². The molecule has 1 amide bonds. The standard InChI is InChI=1S/C22H20ClN5OS2/c1-14-7-9-15(10-8-14)24-19(29)11-20-25-16(12-30-20)13-31-22-27-26-21(28(22)2)17-5-3-4-6-18(17)23/h3-10,12H,11,13H2,1-2H3,(H,24,29). The maximum Gasteiger partial charge on any atom is 0.231 e. The van der Waals surface area contributed by atoms with E-state index >= 15 is 0 Å². The Bertz CT molecular complexity index is 1200. The third-order valence-corrected chi connectivity index (χ3v) is 6.83. The van der Waals surface area contributed by atoms with E-state index in [1.165, 1.54) is 11.3 Å². The molecule has 0 aliphatic heterocycles. The van der Waals surface area contributed by atoms with Crippen molar-refractivity contribution in [1.82, 2.24) is 19.7 Å². The number of nitrogens with zero attached hydrogens (tertiary/aromatic N) is 4. The molecule has 0 fully saturated rings. The van der Waals surface area contributed by atoms with Crippen molar-refractivity contribution in [3.63, 3.8) is 0 Å². The number of thiazole rings is 1. The molecule has 9 heteroatoms. The number of benzene rings is 2. The Morgan fingerprint density at radius 3 is 2.71 bits per heavy atom. The minimum atomic E-state index is -0.0740. The van der Waals surface area contributed by atoms with Gasteiger partial charge in [-0.1, -0.05) is 53.2 Å². The number of carbonyl (C=O) groups is 1. The monoisotopic (exact) mass is 469 g/mol. The second-order valence-corrected chi connectivity index (χ2v) is 9.25. The molecule has 0 atom stereocenters. The molecule has 0 saturated carbocycles. The fraction of sp³-hybridized carbons (Fsp3) is 0.182. The van der Waals surface area contributed by atoms with E-state index < -0.39 is 0 Å². The van der Waals surface area contributed by atoms with Crippen LogP contribution < -0.4 is 5.32 Å². The summed E-state index contributed by atoms with van der Waals surface area (Å²) in [4.78, 5) is 16.9. The summed E-state index contributed by atoms with van der Waals surface area (Å²) in [6.07, 6.45) is 0.254. The normalized spacial score (nSPS) is 10.9. The minimum Gasteiger partial charge on any atom is -0.326 e. The predicted octanol–water partition coefficient (Wildman–Crippen LogP) is 5.37. The van der Waals surface area contributed by atoms with E-state index in [9.17, 15) is 4.79 Å². The van der Waals surface area contributed by atoms with Crippen LogP contribution >= 0.6 is 34.7 Å². The Morgan fingerprint density at radius 2 is 1.94 bits per heavy atom. The van der Waals surface area contributed by atoms with Crippen molar-refractivity contribution in [3.05, 3.63) is 75.2 Å². The largest absolute Gasteiger partial charge is 0.326 e. The molecule has 4 aromatic rings. The number of thioether (sulfide) groups is 1. The Labute approximate surface area is 193 Å². The number of anilines is 1. The van der Waals surface area contributed by atoms with Crippen molar-refractivity contribution < 1.29 is 4.79 Å². The summed E-state index contributed by atoms with van der Waals surface area (Å²) in [5.41, 5.74) is 3.71. The van der Waals surface area contributed by atoms with Gasteiger partial charge in [-0.25, -0.2) is 4.98 Å². The number of hydrogen-bond acceptors (Lipinski definition) is 6. The molecule has 2 aromatic carbocycles. The van der Waals surface area contributed by atoms with Crippen LogP contribution in [0.25, 0.3) is 11.4 Å². The molecule has 2 heterocycles. The molecule has 2 aromatic heterocycles. The molecule has 158 valence electrons. The molecule has 6 nitrogen and oxygen atoms in total. The Kier molecular flexibility index (Phi) is 6.70. The van der Waals surface area contributed by atoms with Crippen LogP contribution in [-0.2, 0) is 24.0 Å². The molecular formula is C22H20ClN5OS2. The first-order chi connectivity index (χ1) is 15.0. The number of amides is 1. The highest BCUT2D eigenvalue weighted by molar-refractivity contribution is 7.98. The first-order valence-corrected chi connectivity index (χ1v) is 11.8. The van der Waals surface area contributed by atoms with Crippen molar-refractivity contribution in [1.29, 1.82) is 0 Å². The third kappa shape index (κ3) is 5.33. The van der Waals surface area contributed by atoms with Crippen LogP contribution in [0.3, 0.4) is 0 Å². The van der Waals surface area contributed by atoms with Crippen LogP contribution in [0, 0.1) is 6.92 Å². The fourth-order valence-corrected chi connectivity index (χ4v) is 4.85. The van der Waals surface area contributed by atoms with Gasteiger partial charge in [0.1, 0.15) is 5.01 Å². The second kappa shape index (κ2) is 9.64. The van der Waals surface area contributed by atoms with E-state index in [0.29, 0.717) is 10.8 Å². The zero-order chi connectivity index (χ0) is 21.8. The molecule has 0 saturated heterocycles. The highest BCUT2D eigenvalue weighted by Crippen LogP contribution is 2.29. The number of aromatic nitrogens is 4. The van der Waals surface area contributed by atoms with Gasteiger partial charge in [0.15, 0.2) is 11.0 Å². The minimum absolute atomic E-state index is 0.0740. The Balaban J connectivity index is 1.35. The zero-order valence-corrected chi connectivity index (χ0v) is 19.4. The number of rotatable bonds is 7. The van der Waals surface area contributed by atoms with Crippen LogP contribution in [0.4, 0.5) is 5.69 Å².